The maximum atomic E-state index is 12.5. The minimum Gasteiger partial charge on any atom is -0.337 e. The molecule has 3 rings (SSSR count). The maximum absolute atomic E-state index is 12.5. The number of nitrogens with zero attached hydrogens (tertiary/aromatic N) is 3. The highest BCUT2D eigenvalue weighted by molar-refractivity contribution is 5.94. The Balaban J connectivity index is 1.54. The SMILES string of the molecule is O=C(NC1CCCC1)N1CCCN(C(=O)c2ccncc2)CC1. The third-order valence-corrected chi connectivity index (χ3v) is 4.68. The standard InChI is InChI=1S/C17H24N4O2/c22-16(14-6-8-18-9-7-14)20-10-3-11-21(13-12-20)17(23)19-15-4-1-2-5-15/h6-9,15H,1-5,10-13H2,(H,19,23). The zero-order valence-corrected chi connectivity index (χ0v) is 13.4. The van der Waals surface area contributed by atoms with Crippen molar-refractivity contribution in [2.75, 3.05) is 26.2 Å². The number of carbonyl (C=O) groups is 2. The van der Waals surface area contributed by atoms with E-state index < -0.39 is 0 Å². The molecule has 1 saturated heterocycles. The first-order chi connectivity index (χ1) is 11.2. The summed E-state index contributed by atoms with van der Waals surface area (Å²) >= 11 is 0. The molecule has 2 heterocycles. The molecule has 1 N–H and O–H groups in total. The Morgan fingerprint density at radius 1 is 0.957 bits per heavy atom. The summed E-state index contributed by atoms with van der Waals surface area (Å²) < 4.78 is 0. The maximum Gasteiger partial charge on any atom is 0.317 e. The number of hydrogen-bond donors (Lipinski definition) is 1. The Morgan fingerprint density at radius 3 is 2.35 bits per heavy atom. The predicted octanol–water partition coefficient (Wildman–Crippen LogP) is 1.88. The van der Waals surface area contributed by atoms with Crippen LogP contribution in [0.2, 0.25) is 0 Å². The van der Waals surface area contributed by atoms with Crippen LogP contribution in [0.5, 0.6) is 0 Å². The van der Waals surface area contributed by atoms with Crippen LogP contribution in [0.3, 0.4) is 0 Å². The molecule has 0 atom stereocenters. The van der Waals surface area contributed by atoms with Crippen LogP contribution < -0.4 is 5.32 Å². The van der Waals surface area contributed by atoms with E-state index in [0.717, 1.165) is 19.3 Å². The van der Waals surface area contributed by atoms with Gasteiger partial charge >= 0.3 is 6.03 Å². The highest BCUT2D eigenvalue weighted by Crippen LogP contribution is 2.18. The highest BCUT2D eigenvalue weighted by atomic mass is 16.2. The first-order valence-electron chi connectivity index (χ1n) is 8.49. The van der Waals surface area contributed by atoms with Crippen molar-refractivity contribution in [1.29, 1.82) is 0 Å². The quantitative estimate of drug-likeness (QED) is 0.906. The molecular weight excluding hydrogens is 292 g/mol. The van der Waals surface area contributed by atoms with Gasteiger partial charge in [0.1, 0.15) is 0 Å². The van der Waals surface area contributed by atoms with Gasteiger partial charge in [0.2, 0.25) is 0 Å². The van der Waals surface area contributed by atoms with Gasteiger partial charge in [0, 0.05) is 50.2 Å². The van der Waals surface area contributed by atoms with Gasteiger partial charge in [0.05, 0.1) is 0 Å². The van der Waals surface area contributed by atoms with E-state index in [1.54, 1.807) is 24.5 Å². The van der Waals surface area contributed by atoms with E-state index in [1.807, 2.05) is 9.80 Å². The monoisotopic (exact) mass is 316 g/mol. The molecule has 0 bridgehead atoms. The van der Waals surface area contributed by atoms with Crippen molar-refractivity contribution in [3.8, 4) is 0 Å². The molecular formula is C17H24N4O2. The van der Waals surface area contributed by atoms with Gasteiger partial charge in [-0.1, -0.05) is 12.8 Å². The first-order valence-corrected chi connectivity index (χ1v) is 8.49. The van der Waals surface area contributed by atoms with Crippen molar-refractivity contribution in [2.45, 2.75) is 38.1 Å². The summed E-state index contributed by atoms with van der Waals surface area (Å²) in [5.41, 5.74) is 0.656. The summed E-state index contributed by atoms with van der Waals surface area (Å²) in [5.74, 6) is 0.0189. The second-order valence-electron chi connectivity index (χ2n) is 6.30. The van der Waals surface area contributed by atoms with Crippen molar-refractivity contribution in [3.05, 3.63) is 30.1 Å². The number of nitrogens with one attached hydrogen (secondary N) is 1. The Bertz CT molecular complexity index is 543. The van der Waals surface area contributed by atoms with Crippen LogP contribution in [0.4, 0.5) is 4.79 Å². The van der Waals surface area contributed by atoms with E-state index in [4.69, 9.17) is 0 Å². The highest BCUT2D eigenvalue weighted by Gasteiger charge is 2.25. The topological polar surface area (TPSA) is 65.5 Å². The van der Waals surface area contributed by atoms with Gasteiger partial charge in [0.15, 0.2) is 0 Å². The molecule has 1 aromatic heterocycles. The fourth-order valence-electron chi connectivity index (χ4n) is 3.34. The molecule has 0 spiro atoms. The Hall–Kier alpha value is -2.11. The van der Waals surface area contributed by atoms with Gasteiger partial charge in [-0.3, -0.25) is 9.78 Å². The number of pyridine rings is 1. The average molecular weight is 316 g/mol. The minimum absolute atomic E-state index is 0.0189. The second kappa shape index (κ2) is 7.44. The molecule has 0 unspecified atom stereocenters. The predicted molar refractivity (Wildman–Crippen MR) is 87.1 cm³/mol. The summed E-state index contributed by atoms with van der Waals surface area (Å²) in [7, 11) is 0. The lowest BCUT2D eigenvalue weighted by Gasteiger charge is -2.24. The van der Waals surface area contributed by atoms with Gasteiger partial charge < -0.3 is 15.1 Å². The molecule has 1 aliphatic carbocycles. The van der Waals surface area contributed by atoms with Crippen LogP contribution in [0.15, 0.2) is 24.5 Å². The Labute approximate surface area is 136 Å². The summed E-state index contributed by atoms with van der Waals surface area (Å²) in [4.78, 5) is 32.5. The normalized spacial score (nSPS) is 19.5. The molecule has 1 saturated carbocycles. The van der Waals surface area contributed by atoms with E-state index in [9.17, 15) is 9.59 Å². The van der Waals surface area contributed by atoms with Gasteiger partial charge in [-0.2, -0.15) is 0 Å². The van der Waals surface area contributed by atoms with E-state index >= 15 is 0 Å². The van der Waals surface area contributed by atoms with Crippen molar-refractivity contribution in [3.63, 3.8) is 0 Å². The van der Waals surface area contributed by atoms with Crippen molar-refractivity contribution in [2.24, 2.45) is 0 Å². The zero-order chi connectivity index (χ0) is 16.1. The van der Waals surface area contributed by atoms with E-state index in [2.05, 4.69) is 10.3 Å². The summed E-state index contributed by atoms with van der Waals surface area (Å²) in [6.45, 7) is 2.57. The summed E-state index contributed by atoms with van der Waals surface area (Å²) in [6.07, 6.45) is 8.67. The lowest BCUT2D eigenvalue weighted by molar-refractivity contribution is 0.0762. The fraction of sp³-hybridized carbons (Fsp3) is 0.588. The van der Waals surface area contributed by atoms with Crippen LogP contribution in [0, 0.1) is 0 Å². The molecule has 3 amide bonds. The van der Waals surface area contributed by atoms with E-state index in [1.165, 1.54) is 12.8 Å². The van der Waals surface area contributed by atoms with Gasteiger partial charge in [-0.15, -0.1) is 0 Å². The second-order valence-corrected chi connectivity index (χ2v) is 6.30. The zero-order valence-electron chi connectivity index (χ0n) is 13.4. The largest absolute Gasteiger partial charge is 0.337 e. The van der Waals surface area contributed by atoms with Gasteiger partial charge in [-0.05, 0) is 31.4 Å². The molecule has 6 heteroatoms. The number of rotatable bonds is 2. The van der Waals surface area contributed by atoms with Crippen LogP contribution in [0.25, 0.3) is 0 Å². The summed E-state index contributed by atoms with van der Waals surface area (Å²) in [5, 5.41) is 3.13. The van der Waals surface area contributed by atoms with Gasteiger partial charge in [-0.25, -0.2) is 4.79 Å². The van der Waals surface area contributed by atoms with Crippen LogP contribution >= 0.6 is 0 Å². The first kappa shape index (κ1) is 15.8. The molecule has 124 valence electrons. The molecule has 1 aliphatic heterocycles. The number of carbonyl (C=O) groups excluding carboxylic acids is 2. The van der Waals surface area contributed by atoms with Gasteiger partial charge in [0.25, 0.3) is 5.91 Å². The van der Waals surface area contributed by atoms with Crippen molar-refractivity contribution >= 4 is 11.9 Å². The van der Waals surface area contributed by atoms with Crippen LogP contribution in [-0.4, -0.2) is 58.9 Å². The Kier molecular flexibility index (Phi) is 5.10. The molecule has 6 nitrogen and oxygen atoms in total. The van der Waals surface area contributed by atoms with E-state index in [0.29, 0.717) is 37.8 Å². The van der Waals surface area contributed by atoms with Crippen molar-refractivity contribution < 1.29 is 9.59 Å². The molecule has 0 radical (unpaired) electrons. The van der Waals surface area contributed by atoms with E-state index in [-0.39, 0.29) is 11.9 Å². The molecule has 23 heavy (non-hydrogen) atoms. The molecule has 1 aromatic rings. The minimum atomic E-state index is 0.0189. The van der Waals surface area contributed by atoms with Crippen LogP contribution in [0.1, 0.15) is 42.5 Å². The lowest BCUT2D eigenvalue weighted by Crippen LogP contribution is -2.45. The average Bonchev–Trinajstić information content (AvgIpc) is 2.96. The number of amides is 3. The third kappa shape index (κ3) is 4.00. The molecule has 2 aliphatic rings. The third-order valence-electron chi connectivity index (χ3n) is 4.68. The molecule has 0 aromatic carbocycles. The van der Waals surface area contributed by atoms with Crippen molar-refractivity contribution in [1.82, 2.24) is 20.1 Å². The summed E-state index contributed by atoms with van der Waals surface area (Å²) in [6, 6.07) is 3.82. The lowest BCUT2D eigenvalue weighted by atomic mass is 10.2. The fourth-order valence-corrected chi connectivity index (χ4v) is 3.34. The Morgan fingerprint density at radius 2 is 1.61 bits per heavy atom. The number of urea groups is 1. The smallest absolute Gasteiger partial charge is 0.317 e. The molecule has 2 fully saturated rings. The number of aromatic nitrogens is 1. The number of hydrogen-bond acceptors (Lipinski definition) is 3. The van der Waals surface area contributed by atoms with Crippen LogP contribution in [-0.2, 0) is 0 Å².